The third kappa shape index (κ3) is 5.31. The highest BCUT2D eigenvalue weighted by Crippen LogP contribution is 2.27. The molecule has 0 spiro atoms. The number of likely N-dealkylation sites (tertiary alicyclic amines) is 1. The Morgan fingerprint density at radius 2 is 1.56 bits per heavy atom. The number of nitrogens with zero attached hydrogens (tertiary/aromatic N) is 1. The van der Waals surface area contributed by atoms with Crippen LogP contribution in [-0.2, 0) is 16.4 Å². The largest absolute Gasteiger partial charge is 0.339 e. The quantitative estimate of drug-likeness (QED) is 0.538. The van der Waals surface area contributed by atoms with Gasteiger partial charge in [0.1, 0.15) is 0 Å². The van der Waals surface area contributed by atoms with E-state index in [1.165, 1.54) is 23.8 Å². The summed E-state index contributed by atoms with van der Waals surface area (Å²) in [6, 6.07) is 23.2. The van der Waals surface area contributed by atoms with Crippen LogP contribution in [0.2, 0.25) is 5.02 Å². The number of halogens is 1. The lowest BCUT2D eigenvalue weighted by atomic mass is 9.90. The van der Waals surface area contributed by atoms with E-state index in [9.17, 15) is 13.2 Å². The molecule has 3 aromatic carbocycles. The first-order valence-electron chi connectivity index (χ1n) is 10.6. The van der Waals surface area contributed by atoms with Crippen molar-refractivity contribution in [2.45, 2.75) is 24.2 Å². The summed E-state index contributed by atoms with van der Waals surface area (Å²) in [4.78, 5) is 15.0. The van der Waals surface area contributed by atoms with Crippen LogP contribution >= 0.6 is 11.6 Å². The van der Waals surface area contributed by atoms with Gasteiger partial charge in [-0.2, -0.15) is 0 Å². The normalized spacial score (nSPS) is 14.8. The lowest BCUT2D eigenvalue weighted by Gasteiger charge is -2.32. The molecular formula is C25H25ClN2O3S. The zero-order chi connectivity index (χ0) is 22.6. The van der Waals surface area contributed by atoms with Gasteiger partial charge in [-0.1, -0.05) is 60.1 Å². The Balaban J connectivity index is 1.38. The Morgan fingerprint density at radius 1 is 0.938 bits per heavy atom. The summed E-state index contributed by atoms with van der Waals surface area (Å²) in [5, 5.41) is 0.231. The van der Waals surface area contributed by atoms with Crippen LogP contribution in [0.1, 0.15) is 28.8 Å². The van der Waals surface area contributed by atoms with Crippen LogP contribution < -0.4 is 4.72 Å². The van der Waals surface area contributed by atoms with Gasteiger partial charge in [0, 0.05) is 13.1 Å². The standard InChI is InChI=1S/C25H25ClN2O3S/c26-24-18-21(27-32(30,31)22-9-5-2-6-10-22)11-12-23(24)25(29)28-15-13-20(14-16-28)17-19-7-3-1-4-8-19/h1-12,18,20,27H,13-17H2. The zero-order valence-corrected chi connectivity index (χ0v) is 19.1. The monoisotopic (exact) mass is 468 g/mol. The maximum atomic E-state index is 13.0. The summed E-state index contributed by atoms with van der Waals surface area (Å²) in [6.07, 6.45) is 2.93. The number of rotatable bonds is 6. The molecule has 1 fully saturated rings. The van der Waals surface area contributed by atoms with Crippen LogP contribution in [0.5, 0.6) is 0 Å². The van der Waals surface area contributed by atoms with Gasteiger partial charge in [0.25, 0.3) is 15.9 Å². The second-order valence-corrected chi connectivity index (χ2v) is 10.1. The number of amides is 1. The SMILES string of the molecule is O=C(c1ccc(NS(=O)(=O)c2ccccc2)cc1Cl)N1CCC(Cc2ccccc2)CC1. The fourth-order valence-corrected chi connectivity index (χ4v) is 5.36. The van der Waals surface area contributed by atoms with Gasteiger partial charge >= 0.3 is 0 Å². The third-order valence-electron chi connectivity index (χ3n) is 5.77. The van der Waals surface area contributed by atoms with E-state index in [0.717, 1.165) is 19.3 Å². The van der Waals surface area contributed by atoms with Crippen LogP contribution in [0.3, 0.4) is 0 Å². The van der Waals surface area contributed by atoms with Crippen molar-refractivity contribution in [3.8, 4) is 0 Å². The van der Waals surface area contributed by atoms with Gasteiger partial charge in [0.2, 0.25) is 0 Å². The van der Waals surface area contributed by atoms with Gasteiger partial charge < -0.3 is 4.90 Å². The molecule has 0 bridgehead atoms. The Labute approximate surface area is 194 Å². The molecule has 0 radical (unpaired) electrons. The zero-order valence-electron chi connectivity index (χ0n) is 17.6. The average Bonchev–Trinajstić information content (AvgIpc) is 2.80. The van der Waals surface area contributed by atoms with Crippen LogP contribution in [0.25, 0.3) is 0 Å². The summed E-state index contributed by atoms with van der Waals surface area (Å²) < 4.78 is 27.5. The molecular weight excluding hydrogens is 444 g/mol. The van der Waals surface area contributed by atoms with Crippen LogP contribution in [0.4, 0.5) is 5.69 Å². The molecule has 0 aliphatic carbocycles. The van der Waals surface area contributed by atoms with E-state index in [1.807, 2.05) is 11.0 Å². The molecule has 1 saturated heterocycles. The van der Waals surface area contributed by atoms with Crippen LogP contribution in [-0.4, -0.2) is 32.3 Å². The van der Waals surface area contributed by atoms with E-state index in [4.69, 9.17) is 11.6 Å². The topological polar surface area (TPSA) is 66.5 Å². The second-order valence-electron chi connectivity index (χ2n) is 8.04. The van der Waals surface area contributed by atoms with Crippen LogP contribution in [0.15, 0.2) is 83.8 Å². The predicted octanol–water partition coefficient (Wildman–Crippen LogP) is 5.24. The number of sulfonamides is 1. The highest BCUT2D eigenvalue weighted by molar-refractivity contribution is 7.92. The summed E-state index contributed by atoms with van der Waals surface area (Å²) in [6.45, 7) is 1.38. The number of hydrogen-bond acceptors (Lipinski definition) is 3. The molecule has 7 heteroatoms. The van der Waals surface area contributed by atoms with Crippen molar-refractivity contribution in [2.24, 2.45) is 5.92 Å². The summed E-state index contributed by atoms with van der Waals surface area (Å²) in [5.41, 5.74) is 2.03. The van der Waals surface area contributed by atoms with Gasteiger partial charge in [-0.25, -0.2) is 8.42 Å². The molecule has 1 heterocycles. The molecule has 3 aromatic rings. The minimum absolute atomic E-state index is 0.120. The molecule has 0 aromatic heterocycles. The van der Waals surface area contributed by atoms with Gasteiger partial charge in [-0.15, -0.1) is 0 Å². The third-order valence-corrected chi connectivity index (χ3v) is 7.48. The van der Waals surface area contributed by atoms with Crippen molar-refractivity contribution in [1.82, 2.24) is 4.90 Å². The average molecular weight is 469 g/mol. The van der Waals surface area contributed by atoms with Crippen molar-refractivity contribution in [3.63, 3.8) is 0 Å². The number of benzene rings is 3. The summed E-state index contributed by atoms with van der Waals surface area (Å²) in [7, 11) is -3.72. The second kappa shape index (κ2) is 9.76. The van der Waals surface area contributed by atoms with Crippen molar-refractivity contribution in [2.75, 3.05) is 17.8 Å². The van der Waals surface area contributed by atoms with Crippen molar-refractivity contribution in [3.05, 3.63) is 95.0 Å². The van der Waals surface area contributed by atoms with E-state index in [2.05, 4.69) is 29.0 Å². The fourth-order valence-electron chi connectivity index (χ4n) is 4.02. The van der Waals surface area contributed by atoms with E-state index < -0.39 is 10.0 Å². The number of hydrogen-bond donors (Lipinski definition) is 1. The number of nitrogens with one attached hydrogen (secondary N) is 1. The number of piperidine rings is 1. The molecule has 1 N–H and O–H groups in total. The van der Waals surface area contributed by atoms with Crippen molar-refractivity contribution in [1.29, 1.82) is 0 Å². The minimum Gasteiger partial charge on any atom is -0.339 e. The Kier molecular flexibility index (Phi) is 6.82. The smallest absolute Gasteiger partial charge is 0.261 e. The molecule has 1 aliphatic heterocycles. The van der Waals surface area contributed by atoms with E-state index in [1.54, 1.807) is 30.3 Å². The molecule has 4 rings (SSSR count). The van der Waals surface area contributed by atoms with Gasteiger partial charge in [0.15, 0.2) is 0 Å². The van der Waals surface area contributed by atoms with E-state index in [-0.39, 0.29) is 15.8 Å². The fraction of sp³-hybridized carbons (Fsp3) is 0.240. The van der Waals surface area contributed by atoms with Crippen molar-refractivity contribution >= 4 is 33.2 Å². The van der Waals surface area contributed by atoms with Crippen molar-refractivity contribution < 1.29 is 13.2 Å². The Hall–Kier alpha value is -2.83. The molecule has 166 valence electrons. The number of carbonyl (C=O) groups is 1. The van der Waals surface area contributed by atoms with E-state index in [0.29, 0.717) is 30.3 Å². The predicted molar refractivity (Wildman–Crippen MR) is 127 cm³/mol. The lowest BCUT2D eigenvalue weighted by molar-refractivity contribution is 0.0691. The molecule has 0 saturated carbocycles. The lowest BCUT2D eigenvalue weighted by Crippen LogP contribution is -2.39. The molecule has 32 heavy (non-hydrogen) atoms. The highest BCUT2D eigenvalue weighted by Gasteiger charge is 2.25. The molecule has 0 unspecified atom stereocenters. The first-order chi connectivity index (χ1) is 15.4. The maximum Gasteiger partial charge on any atom is 0.261 e. The first-order valence-corrected chi connectivity index (χ1v) is 12.5. The molecule has 1 aliphatic rings. The molecule has 1 amide bonds. The van der Waals surface area contributed by atoms with Gasteiger partial charge in [-0.3, -0.25) is 9.52 Å². The number of carbonyl (C=O) groups excluding carboxylic acids is 1. The molecule has 0 atom stereocenters. The van der Waals surface area contributed by atoms with Crippen LogP contribution in [0, 0.1) is 5.92 Å². The van der Waals surface area contributed by atoms with Gasteiger partial charge in [-0.05, 0) is 61.1 Å². The number of anilines is 1. The molecule has 5 nitrogen and oxygen atoms in total. The minimum atomic E-state index is -3.72. The Bertz CT molecular complexity index is 1180. The summed E-state index contributed by atoms with van der Waals surface area (Å²) in [5.74, 6) is 0.442. The van der Waals surface area contributed by atoms with E-state index >= 15 is 0 Å². The summed E-state index contributed by atoms with van der Waals surface area (Å²) >= 11 is 6.37. The first kappa shape index (κ1) is 22.4. The maximum absolute atomic E-state index is 13.0. The van der Waals surface area contributed by atoms with Gasteiger partial charge in [0.05, 0.1) is 21.2 Å². The highest BCUT2D eigenvalue weighted by atomic mass is 35.5. The Morgan fingerprint density at radius 3 is 2.19 bits per heavy atom.